The van der Waals surface area contributed by atoms with Crippen LogP contribution in [0, 0.1) is 5.92 Å². The van der Waals surface area contributed by atoms with Crippen LogP contribution in [0.1, 0.15) is 31.7 Å². The Hall–Kier alpha value is -1.36. The number of carbonyl (C=O) groups is 1. The van der Waals surface area contributed by atoms with Crippen molar-refractivity contribution in [2.75, 3.05) is 11.5 Å². The zero-order chi connectivity index (χ0) is 14.5. The van der Waals surface area contributed by atoms with Crippen molar-refractivity contribution in [1.82, 2.24) is 0 Å². The third-order valence-corrected chi connectivity index (χ3v) is 4.63. The zero-order valence-corrected chi connectivity index (χ0v) is 12.1. The molecule has 19 heavy (non-hydrogen) atoms. The van der Waals surface area contributed by atoms with Gasteiger partial charge in [0.25, 0.3) is 0 Å². The van der Waals surface area contributed by atoms with Gasteiger partial charge in [-0.3, -0.25) is 4.79 Å². The first-order valence-electron chi connectivity index (χ1n) is 6.30. The van der Waals surface area contributed by atoms with E-state index < -0.39 is 21.7 Å². The van der Waals surface area contributed by atoms with Gasteiger partial charge in [0.1, 0.15) is 0 Å². The number of aliphatic carboxylic acids is 1. The summed E-state index contributed by atoms with van der Waals surface area (Å²) >= 11 is 0. The van der Waals surface area contributed by atoms with Gasteiger partial charge < -0.3 is 5.11 Å². The minimum absolute atomic E-state index is 0.0429. The van der Waals surface area contributed by atoms with E-state index in [0.29, 0.717) is 12.0 Å². The third kappa shape index (κ3) is 5.42. The standard InChI is InChI=1S/C14H20O4S/c1-11(2)8-9-19(17,18)10-13(14(15)16)12-6-4-3-5-7-12/h3-7,11,13H,8-10H2,1-2H3,(H,15,16). The zero-order valence-electron chi connectivity index (χ0n) is 11.2. The van der Waals surface area contributed by atoms with Gasteiger partial charge in [-0.2, -0.15) is 0 Å². The Bertz CT molecular complexity index is 506. The SMILES string of the molecule is CC(C)CCS(=O)(=O)CC(C(=O)O)c1ccccc1. The lowest BCUT2D eigenvalue weighted by Gasteiger charge is -2.13. The Morgan fingerprint density at radius 2 is 1.79 bits per heavy atom. The molecular weight excluding hydrogens is 264 g/mol. The molecule has 1 aromatic carbocycles. The van der Waals surface area contributed by atoms with Crippen LogP contribution in [-0.2, 0) is 14.6 Å². The minimum atomic E-state index is -3.35. The molecular formula is C14H20O4S. The average Bonchev–Trinajstić information content (AvgIpc) is 2.35. The van der Waals surface area contributed by atoms with E-state index >= 15 is 0 Å². The lowest BCUT2D eigenvalue weighted by molar-refractivity contribution is -0.138. The van der Waals surface area contributed by atoms with Gasteiger partial charge in [-0.15, -0.1) is 0 Å². The Labute approximate surface area is 114 Å². The first-order valence-corrected chi connectivity index (χ1v) is 8.12. The lowest BCUT2D eigenvalue weighted by atomic mass is 10.0. The molecule has 0 aliphatic heterocycles. The number of carboxylic acid groups (broad SMARTS) is 1. The molecule has 0 heterocycles. The Kier molecular flexibility index (Phi) is 5.54. The van der Waals surface area contributed by atoms with Crippen molar-refractivity contribution in [2.45, 2.75) is 26.2 Å². The van der Waals surface area contributed by atoms with E-state index in [2.05, 4.69) is 0 Å². The molecule has 0 aromatic heterocycles. The Morgan fingerprint density at radius 3 is 2.26 bits per heavy atom. The molecule has 0 amide bonds. The monoisotopic (exact) mass is 284 g/mol. The van der Waals surface area contributed by atoms with Gasteiger partial charge in [0.05, 0.1) is 17.4 Å². The molecule has 5 heteroatoms. The van der Waals surface area contributed by atoms with Crippen molar-refractivity contribution in [3.8, 4) is 0 Å². The van der Waals surface area contributed by atoms with Gasteiger partial charge in [-0.05, 0) is 17.9 Å². The van der Waals surface area contributed by atoms with Gasteiger partial charge in [0.15, 0.2) is 9.84 Å². The maximum absolute atomic E-state index is 12.0. The molecule has 0 fully saturated rings. The summed E-state index contributed by atoms with van der Waals surface area (Å²) in [5, 5.41) is 9.20. The van der Waals surface area contributed by atoms with Crippen LogP contribution in [-0.4, -0.2) is 31.0 Å². The largest absolute Gasteiger partial charge is 0.481 e. The van der Waals surface area contributed by atoms with E-state index in [1.54, 1.807) is 30.3 Å². The summed E-state index contributed by atoms with van der Waals surface area (Å²) in [5.41, 5.74) is 0.531. The number of hydrogen-bond acceptors (Lipinski definition) is 3. The smallest absolute Gasteiger partial charge is 0.312 e. The molecule has 4 nitrogen and oxygen atoms in total. The molecule has 1 aromatic rings. The number of hydrogen-bond donors (Lipinski definition) is 1. The van der Waals surface area contributed by atoms with Crippen molar-refractivity contribution in [3.63, 3.8) is 0 Å². The molecule has 106 valence electrons. The number of rotatable bonds is 7. The molecule has 1 rings (SSSR count). The van der Waals surface area contributed by atoms with Crippen LogP contribution < -0.4 is 0 Å². The van der Waals surface area contributed by atoms with Crippen LogP contribution in [0.2, 0.25) is 0 Å². The highest BCUT2D eigenvalue weighted by Crippen LogP contribution is 2.19. The van der Waals surface area contributed by atoms with E-state index in [4.69, 9.17) is 0 Å². The Balaban J connectivity index is 2.83. The van der Waals surface area contributed by atoms with Crippen molar-refractivity contribution in [3.05, 3.63) is 35.9 Å². The first-order chi connectivity index (χ1) is 8.82. The predicted molar refractivity (Wildman–Crippen MR) is 74.9 cm³/mol. The highest BCUT2D eigenvalue weighted by Gasteiger charge is 2.26. The van der Waals surface area contributed by atoms with Crippen LogP contribution >= 0.6 is 0 Å². The van der Waals surface area contributed by atoms with Gasteiger partial charge in [-0.25, -0.2) is 8.42 Å². The summed E-state index contributed by atoms with van der Waals surface area (Å²) < 4.78 is 23.9. The number of benzene rings is 1. The van der Waals surface area contributed by atoms with E-state index in [0.717, 1.165) is 0 Å². The maximum Gasteiger partial charge on any atom is 0.312 e. The Morgan fingerprint density at radius 1 is 1.21 bits per heavy atom. The fourth-order valence-corrected chi connectivity index (χ4v) is 3.59. The van der Waals surface area contributed by atoms with Crippen molar-refractivity contribution in [2.24, 2.45) is 5.92 Å². The van der Waals surface area contributed by atoms with Crippen LogP contribution in [0.3, 0.4) is 0 Å². The van der Waals surface area contributed by atoms with Crippen LogP contribution in [0.15, 0.2) is 30.3 Å². The summed E-state index contributed by atoms with van der Waals surface area (Å²) in [7, 11) is -3.35. The topological polar surface area (TPSA) is 71.4 Å². The molecule has 0 radical (unpaired) electrons. The van der Waals surface area contributed by atoms with Crippen molar-refractivity contribution < 1.29 is 18.3 Å². The van der Waals surface area contributed by atoms with E-state index in [1.807, 2.05) is 13.8 Å². The van der Waals surface area contributed by atoms with Gasteiger partial charge in [0.2, 0.25) is 0 Å². The molecule has 0 spiro atoms. The number of sulfone groups is 1. The van der Waals surface area contributed by atoms with Gasteiger partial charge >= 0.3 is 5.97 Å². The molecule has 0 bridgehead atoms. The molecule has 0 aliphatic carbocycles. The van der Waals surface area contributed by atoms with Crippen LogP contribution in [0.4, 0.5) is 0 Å². The summed E-state index contributed by atoms with van der Waals surface area (Å²) in [6.45, 7) is 3.89. The van der Waals surface area contributed by atoms with Crippen molar-refractivity contribution >= 4 is 15.8 Å². The fourth-order valence-electron chi connectivity index (χ4n) is 1.75. The summed E-state index contributed by atoms with van der Waals surface area (Å²) in [6, 6.07) is 8.50. The molecule has 1 atom stereocenters. The summed E-state index contributed by atoms with van der Waals surface area (Å²) in [4.78, 5) is 11.3. The quantitative estimate of drug-likeness (QED) is 0.834. The first kappa shape index (κ1) is 15.7. The summed E-state index contributed by atoms with van der Waals surface area (Å²) in [6.07, 6.45) is 0.559. The maximum atomic E-state index is 12.0. The predicted octanol–water partition coefficient (Wildman–Crippen LogP) is 2.32. The fraction of sp³-hybridized carbons (Fsp3) is 0.500. The van der Waals surface area contributed by atoms with Gasteiger partial charge in [0, 0.05) is 0 Å². The molecule has 1 N–H and O–H groups in total. The van der Waals surface area contributed by atoms with E-state index in [-0.39, 0.29) is 17.4 Å². The third-order valence-electron chi connectivity index (χ3n) is 2.93. The van der Waals surface area contributed by atoms with Gasteiger partial charge in [-0.1, -0.05) is 44.2 Å². The molecule has 1 unspecified atom stereocenters. The number of carboxylic acids is 1. The van der Waals surface area contributed by atoms with Crippen molar-refractivity contribution in [1.29, 1.82) is 0 Å². The molecule has 0 saturated heterocycles. The highest BCUT2D eigenvalue weighted by molar-refractivity contribution is 7.91. The lowest BCUT2D eigenvalue weighted by Crippen LogP contribution is -2.24. The average molecular weight is 284 g/mol. The van der Waals surface area contributed by atoms with E-state index in [9.17, 15) is 18.3 Å². The minimum Gasteiger partial charge on any atom is -0.481 e. The van der Waals surface area contributed by atoms with E-state index in [1.165, 1.54) is 0 Å². The highest BCUT2D eigenvalue weighted by atomic mass is 32.2. The molecule has 0 saturated carbocycles. The summed E-state index contributed by atoms with van der Waals surface area (Å²) in [5.74, 6) is -2.09. The second-order valence-corrected chi connectivity index (χ2v) is 7.33. The molecule has 0 aliphatic rings. The van der Waals surface area contributed by atoms with Crippen LogP contribution in [0.5, 0.6) is 0 Å². The second kappa shape index (κ2) is 6.70. The second-order valence-electron chi connectivity index (χ2n) is 5.10. The normalized spacial score (nSPS) is 13.4. The van der Waals surface area contributed by atoms with Crippen LogP contribution in [0.25, 0.3) is 0 Å².